The van der Waals surface area contributed by atoms with Crippen LogP contribution in [0.25, 0.3) is 0 Å². The Morgan fingerprint density at radius 3 is 3.00 bits per heavy atom. The number of amides is 1. The molecule has 0 saturated carbocycles. The molecule has 1 aromatic heterocycles. The third-order valence-corrected chi connectivity index (χ3v) is 3.40. The number of carbonyl (C=O) groups is 1. The number of benzene rings is 1. The van der Waals surface area contributed by atoms with Gasteiger partial charge in [0.15, 0.2) is 0 Å². The minimum Gasteiger partial charge on any atom is -0.330 e. The summed E-state index contributed by atoms with van der Waals surface area (Å²) in [7, 11) is 1.80. The Hall–Kier alpha value is -1.85. The third-order valence-electron chi connectivity index (χ3n) is 3.40. The Morgan fingerprint density at radius 2 is 2.25 bits per heavy atom. The molecular formula is C14H17ClN4O. The molecule has 0 radical (unpaired) electrons. The highest BCUT2D eigenvalue weighted by molar-refractivity contribution is 6.03. The van der Waals surface area contributed by atoms with Gasteiger partial charge in [-0.05, 0) is 36.2 Å². The summed E-state index contributed by atoms with van der Waals surface area (Å²) in [5, 5.41) is 6.24. The maximum Gasteiger partial charge on any atom is 0.273 e. The molecule has 2 N–H and O–H groups in total. The van der Waals surface area contributed by atoms with Gasteiger partial charge in [-0.2, -0.15) is 0 Å². The van der Waals surface area contributed by atoms with Crippen LogP contribution in [0.4, 0.5) is 5.69 Å². The van der Waals surface area contributed by atoms with E-state index in [2.05, 4.69) is 21.7 Å². The third kappa shape index (κ3) is 2.84. The van der Waals surface area contributed by atoms with Crippen molar-refractivity contribution in [3.8, 4) is 0 Å². The van der Waals surface area contributed by atoms with E-state index >= 15 is 0 Å². The van der Waals surface area contributed by atoms with Crippen LogP contribution in [0.5, 0.6) is 0 Å². The maximum absolute atomic E-state index is 12.1. The smallest absolute Gasteiger partial charge is 0.273 e. The summed E-state index contributed by atoms with van der Waals surface area (Å²) in [4.78, 5) is 16.0. The normalized spacial score (nSPS) is 13.2. The lowest BCUT2D eigenvalue weighted by Crippen LogP contribution is -2.24. The monoisotopic (exact) mass is 292 g/mol. The molecule has 0 saturated heterocycles. The number of hydrogen-bond donors (Lipinski definition) is 2. The number of carbonyl (C=O) groups excluding carboxylic acids is 1. The number of fused-ring (bicyclic) bond motifs is 1. The van der Waals surface area contributed by atoms with Gasteiger partial charge in [0.1, 0.15) is 5.69 Å². The minimum atomic E-state index is -0.135. The molecule has 0 aliphatic carbocycles. The Kier molecular flexibility index (Phi) is 4.42. The van der Waals surface area contributed by atoms with Gasteiger partial charge in [-0.25, -0.2) is 4.98 Å². The number of imidazole rings is 1. The quantitative estimate of drug-likeness (QED) is 0.886. The van der Waals surface area contributed by atoms with Crippen LogP contribution in [-0.4, -0.2) is 22.0 Å². The SMILES string of the molecule is Cl.Cn1cncc1C(=O)Nc1ccc2c(c1)CNCC2. The van der Waals surface area contributed by atoms with Crippen LogP contribution in [-0.2, 0) is 20.0 Å². The van der Waals surface area contributed by atoms with E-state index in [0.717, 1.165) is 25.2 Å². The van der Waals surface area contributed by atoms with Crippen molar-refractivity contribution in [2.24, 2.45) is 7.05 Å². The lowest BCUT2D eigenvalue weighted by Gasteiger charge is -2.18. The summed E-state index contributed by atoms with van der Waals surface area (Å²) < 4.78 is 1.70. The van der Waals surface area contributed by atoms with Crippen LogP contribution in [0.2, 0.25) is 0 Å². The largest absolute Gasteiger partial charge is 0.330 e. The van der Waals surface area contributed by atoms with Gasteiger partial charge in [-0.3, -0.25) is 4.79 Å². The molecule has 0 spiro atoms. The predicted molar refractivity (Wildman–Crippen MR) is 80.3 cm³/mol. The van der Waals surface area contributed by atoms with Crippen LogP contribution in [0, 0.1) is 0 Å². The number of nitrogens with zero attached hydrogens (tertiary/aromatic N) is 2. The Balaban J connectivity index is 0.00000147. The Morgan fingerprint density at radius 1 is 1.40 bits per heavy atom. The standard InChI is InChI=1S/C14H16N4O.ClH/c1-18-9-16-8-13(18)14(19)17-12-3-2-10-4-5-15-7-11(10)6-12;/h2-3,6,8-9,15H,4-5,7H2,1H3,(H,17,19);1H. The molecule has 2 heterocycles. The van der Waals surface area contributed by atoms with Crippen LogP contribution >= 0.6 is 12.4 Å². The van der Waals surface area contributed by atoms with Crippen molar-refractivity contribution in [1.29, 1.82) is 0 Å². The van der Waals surface area contributed by atoms with E-state index in [1.807, 2.05) is 12.1 Å². The van der Waals surface area contributed by atoms with Crippen LogP contribution < -0.4 is 10.6 Å². The van der Waals surface area contributed by atoms with E-state index in [9.17, 15) is 4.79 Å². The van der Waals surface area contributed by atoms with Crippen molar-refractivity contribution in [1.82, 2.24) is 14.9 Å². The Labute approximate surface area is 123 Å². The number of halogens is 1. The second-order valence-electron chi connectivity index (χ2n) is 4.75. The van der Waals surface area contributed by atoms with Crippen molar-refractivity contribution in [2.75, 3.05) is 11.9 Å². The highest BCUT2D eigenvalue weighted by Crippen LogP contribution is 2.19. The molecular weight excluding hydrogens is 276 g/mol. The fourth-order valence-electron chi connectivity index (χ4n) is 2.33. The summed E-state index contributed by atoms with van der Waals surface area (Å²) >= 11 is 0. The number of rotatable bonds is 2. The second-order valence-corrected chi connectivity index (χ2v) is 4.75. The van der Waals surface area contributed by atoms with Crippen molar-refractivity contribution in [2.45, 2.75) is 13.0 Å². The first-order valence-electron chi connectivity index (χ1n) is 6.34. The van der Waals surface area contributed by atoms with E-state index in [4.69, 9.17) is 0 Å². The zero-order valence-corrected chi connectivity index (χ0v) is 12.0. The molecule has 5 nitrogen and oxygen atoms in total. The lowest BCUT2D eigenvalue weighted by atomic mass is 10.0. The second kappa shape index (κ2) is 6.07. The number of anilines is 1. The number of hydrogen-bond acceptors (Lipinski definition) is 3. The minimum absolute atomic E-state index is 0. The topological polar surface area (TPSA) is 59.0 Å². The maximum atomic E-state index is 12.1. The van der Waals surface area contributed by atoms with Crippen LogP contribution in [0.3, 0.4) is 0 Å². The van der Waals surface area contributed by atoms with Gasteiger partial charge < -0.3 is 15.2 Å². The molecule has 0 unspecified atom stereocenters. The molecule has 0 fully saturated rings. The predicted octanol–water partition coefficient (Wildman–Crippen LogP) is 1.74. The van der Waals surface area contributed by atoms with E-state index in [-0.39, 0.29) is 18.3 Å². The molecule has 106 valence electrons. The summed E-state index contributed by atoms with van der Waals surface area (Å²) in [6, 6.07) is 6.09. The van der Waals surface area contributed by atoms with Gasteiger partial charge in [0, 0.05) is 19.3 Å². The van der Waals surface area contributed by atoms with Crippen molar-refractivity contribution >= 4 is 24.0 Å². The molecule has 0 bridgehead atoms. The first-order valence-corrected chi connectivity index (χ1v) is 6.34. The van der Waals surface area contributed by atoms with Gasteiger partial charge in [-0.15, -0.1) is 12.4 Å². The zero-order chi connectivity index (χ0) is 13.2. The molecule has 1 aliphatic heterocycles. The molecule has 20 heavy (non-hydrogen) atoms. The molecule has 0 atom stereocenters. The highest BCUT2D eigenvalue weighted by Gasteiger charge is 2.12. The lowest BCUT2D eigenvalue weighted by molar-refractivity contribution is 0.101. The number of nitrogens with one attached hydrogen (secondary N) is 2. The average molecular weight is 293 g/mol. The van der Waals surface area contributed by atoms with Crippen molar-refractivity contribution < 1.29 is 4.79 Å². The first kappa shape index (κ1) is 14.6. The number of aromatic nitrogens is 2. The fourth-order valence-corrected chi connectivity index (χ4v) is 2.33. The molecule has 1 amide bonds. The zero-order valence-electron chi connectivity index (χ0n) is 11.2. The van der Waals surface area contributed by atoms with Crippen molar-refractivity contribution in [3.63, 3.8) is 0 Å². The summed E-state index contributed by atoms with van der Waals surface area (Å²) in [6.07, 6.45) is 4.23. The van der Waals surface area contributed by atoms with E-state index in [1.54, 1.807) is 24.1 Å². The van der Waals surface area contributed by atoms with Gasteiger partial charge in [0.25, 0.3) is 5.91 Å². The van der Waals surface area contributed by atoms with Gasteiger partial charge in [0.2, 0.25) is 0 Å². The van der Waals surface area contributed by atoms with Crippen LogP contribution in [0.15, 0.2) is 30.7 Å². The van der Waals surface area contributed by atoms with Gasteiger partial charge in [0.05, 0.1) is 12.5 Å². The van der Waals surface area contributed by atoms with Gasteiger partial charge >= 0.3 is 0 Å². The summed E-state index contributed by atoms with van der Waals surface area (Å²) in [5.74, 6) is -0.135. The summed E-state index contributed by atoms with van der Waals surface area (Å²) in [6.45, 7) is 1.89. The first-order chi connectivity index (χ1) is 9.24. The van der Waals surface area contributed by atoms with E-state index < -0.39 is 0 Å². The summed E-state index contributed by atoms with van der Waals surface area (Å²) in [5.41, 5.74) is 4.00. The molecule has 6 heteroatoms. The highest BCUT2D eigenvalue weighted by atomic mass is 35.5. The van der Waals surface area contributed by atoms with E-state index in [0.29, 0.717) is 5.69 Å². The van der Waals surface area contributed by atoms with Crippen molar-refractivity contribution in [3.05, 3.63) is 47.5 Å². The fraction of sp³-hybridized carbons (Fsp3) is 0.286. The molecule has 2 aromatic rings. The molecule has 1 aromatic carbocycles. The molecule has 1 aliphatic rings. The average Bonchev–Trinajstić information content (AvgIpc) is 2.85. The number of aryl methyl sites for hydroxylation is 1. The van der Waals surface area contributed by atoms with Gasteiger partial charge in [-0.1, -0.05) is 6.07 Å². The van der Waals surface area contributed by atoms with Crippen LogP contribution in [0.1, 0.15) is 21.6 Å². The molecule has 3 rings (SSSR count). The van der Waals surface area contributed by atoms with E-state index in [1.165, 1.54) is 11.1 Å². The Bertz CT molecular complexity index is 623.